The number of carbonyl (C=O) groups is 1. The molecule has 0 aliphatic heterocycles. The molecule has 0 aliphatic rings. The summed E-state index contributed by atoms with van der Waals surface area (Å²) in [6, 6.07) is 1.57. The number of ether oxygens (including phenoxy) is 1. The predicted molar refractivity (Wildman–Crippen MR) is 67.4 cm³/mol. The zero-order valence-corrected chi connectivity index (χ0v) is 11.3. The van der Waals surface area contributed by atoms with Crippen LogP contribution >= 0.6 is 15.9 Å². The Morgan fingerprint density at radius 1 is 1.63 bits per heavy atom. The Morgan fingerprint density at radius 2 is 2.32 bits per heavy atom. The fourth-order valence-electron chi connectivity index (χ4n) is 1.25. The molecule has 1 heterocycles. The monoisotopic (exact) mass is 339 g/mol. The second-order valence-electron chi connectivity index (χ2n) is 3.52. The second-order valence-corrected chi connectivity index (χ2v) is 4.43. The van der Waals surface area contributed by atoms with Crippen molar-refractivity contribution in [2.24, 2.45) is 0 Å². The van der Waals surface area contributed by atoms with Gasteiger partial charge >= 0.3 is 6.09 Å². The molecule has 1 aromatic rings. The Balaban J connectivity index is 2.49. The molecule has 0 saturated heterocycles. The Labute approximate surface area is 116 Å². The fraction of sp³-hybridized carbons (Fsp3) is 0.400. The lowest BCUT2D eigenvalue weighted by Gasteiger charge is -2.18. The molecule has 19 heavy (non-hydrogen) atoms. The van der Waals surface area contributed by atoms with E-state index in [2.05, 4.69) is 20.9 Å². The summed E-state index contributed by atoms with van der Waals surface area (Å²) in [5, 5.41) is 8.70. The third kappa shape index (κ3) is 5.25. The summed E-state index contributed by atoms with van der Waals surface area (Å²) in [5.74, 6) is 0.130. The number of rotatable bonds is 6. The number of anilines is 1. The number of alkyl halides is 2. The molecule has 0 atom stereocenters. The van der Waals surface area contributed by atoms with Gasteiger partial charge in [-0.3, -0.25) is 4.90 Å². The molecule has 0 aliphatic carbocycles. The number of hydrogen-bond donors (Lipinski definition) is 2. The standard InChI is InChI=1S/C10H12BrF2N3O3/c11-6-3-7(14)9(15-4-6)19-2-1-16(10(17)18)5-8(12)13/h3-4,8H,1-2,5,14H2,(H,17,18). The molecule has 3 N–H and O–H groups in total. The fourth-order valence-corrected chi connectivity index (χ4v) is 1.60. The third-order valence-corrected chi connectivity index (χ3v) is 2.51. The molecule has 1 aromatic heterocycles. The van der Waals surface area contributed by atoms with Gasteiger partial charge in [0.2, 0.25) is 5.88 Å². The van der Waals surface area contributed by atoms with Gasteiger partial charge in [-0.25, -0.2) is 18.6 Å². The molecule has 0 bridgehead atoms. The van der Waals surface area contributed by atoms with Crippen molar-refractivity contribution in [2.75, 3.05) is 25.4 Å². The van der Waals surface area contributed by atoms with Gasteiger partial charge in [-0.15, -0.1) is 0 Å². The minimum atomic E-state index is -2.73. The van der Waals surface area contributed by atoms with Crippen molar-refractivity contribution in [1.82, 2.24) is 9.88 Å². The Bertz CT molecular complexity index is 448. The highest BCUT2D eigenvalue weighted by molar-refractivity contribution is 9.10. The first-order valence-corrected chi connectivity index (χ1v) is 5.99. The van der Waals surface area contributed by atoms with Crippen LogP contribution in [0.3, 0.4) is 0 Å². The zero-order valence-electron chi connectivity index (χ0n) is 9.72. The summed E-state index contributed by atoms with van der Waals surface area (Å²) in [6.45, 7) is -1.17. The van der Waals surface area contributed by atoms with Crippen LogP contribution < -0.4 is 10.5 Å². The van der Waals surface area contributed by atoms with Crippen molar-refractivity contribution >= 4 is 27.7 Å². The van der Waals surface area contributed by atoms with Crippen molar-refractivity contribution in [3.05, 3.63) is 16.7 Å². The molecule has 0 unspecified atom stereocenters. The van der Waals surface area contributed by atoms with Crippen LogP contribution in [0.1, 0.15) is 0 Å². The van der Waals surface area contributed by atoms with Crippen LogP contribution in [0.5, 0.6) is 5.88 Å². The van der Waals surface area contributed by atoms with E-state index >= 15 is 0 Å². The third-order valence-electron chi connectivity index (χ3n) is 2.07. The second kappa shape index (κ2) is 7.07. The highest BCUT2D eigenvalue weighted by atomic mass is 79.9. The maximum absolute atomic E-state index is 12.1. The van der Waals surface area contributed by atoms with Gasteiger partial charge in [0.25, 0.3) is 6.43 Å². The SMILES string of the molecule is Nc1cc(Br)cnc1OCCN(CC(F)F)C(=O)O. The van der Waals surface area contributed by atoms with E-state index in [1.54, 1.807) is 6.07 Å². The Morgan fingerprint density at radius 3 is 2.84 bits per heavy atom. The van der Waals surface area contributed by atoms with Crippen LogP contribution in [0.15, 0.2) is 16.7 Å². The molecule has 6 nitrogen and oxygen atoms in total. The van der Waals surface area contributed by atoms with Crippen molar-refractivity contribution in [2.45, 2.75) is 6.43 Å². The van der Waals surface area contributed by atoms with Crippen molar-refractivity contribution in [1.29, 1.82) is 0 Å². The van der Waals surface area contributed by atoms with E-state index in [0.29, 0.717) is 9.37 Å². The minimum absolute atomic E-state index is 0.113. The van der Waals surface area contributed by atoms with E-state index in [1.807, 2.05) is 0 Å². The summed E-state index contributed by atoms with van der Waals surface area (Å²) >= 11 is 3.17. The first-order valence-electron chi connectivity index (χ1n) is 5.20. The van der Waals surface area contributed by atoms with Crippen molar-refractivity contribution in [3.63, 3.8) is 0 Å². The lowest BCUT2D eigenvalue weighted by molar-refractivity contribution is 0.0734. The molecule has 106 valence electrons. The van der Waals surface area contributed by atoms with Gasteiger partial charge in [0.15, 0.2) is 0 Å². The van der Waals surface area contributed by atoms with E-state index in [-0.39, 0.29) is 24.7 Å². The molecule has 0 fully saturated rings. The van der Waals surface area contributed by atoms with Crippen LogP contribution in [0.4, 0.5) is 19.3 Å². The van der Waals surface area contributed by atoms with Gasteiger partial charge in [0, 0.05) is 10.7 Å². The van der Waals surface area contributed by atoms with Gasteiger partial charge in [-0.1, -0.05) is 0 Å². The summed E-state index contributed by atoms with van der Waals surface area (Å²) < 4.78 is 30.1. The van der Waals surface area contributed by atoms with Crippen molar-refractivity contribution < 1.29 is 23.4 Å². The highest BCUT2D eigenvalue weighted by Crippen LogP contribution is 2.21. The molecule has 0 saturated carbocycles. The molecule has 0 aromatic carbocycles. The average Bonchev–Trinajstić information content (AvgIpc) is 2.29. The molecular weight excluding hydrogens is 328 g/mol. The molecule has 0 radical (unpaired) electrons. The lowest BCUT2D eigenvalue weighted by atomic mass is 10.4. The maximum Gasteiger partial charge on any atom is 0.407 e. The van der Waals surface area contributed by atoms with E-state index in [4.69, 9.17) is 15.6 Å². The van der Waals surface area contributed by atoms with E-state index in [0.717, 1.165) is 0 Å². The van der Waals surface area contributed by atoms with Crippen molar-refractivity contribution in [3.8, 4) is 5.88 Å². The van der Waals surface area contributed by atoms with Crippen LogP contribution in [0.25, 0.3) is 0 Å². The smallest absolute Gasteiger partial charge is 0.407 e. The topological polar surface area (TPSA) is 88.7 Å². The summed E-state index contributed by atoms with van der Waals surface area (Å²) in [4.78, 5) is 15.1. The number of nitrogen functional groups attached to an aromatic ring is 1. The van der Waals surface area contributed by atoms with E-state index in [9.17, 15) is 13.6 Å². The number of hydrogen-bond acceptors (Lipinski definition) is 4. The Kier molecular flexibility index (Phi) is 5.74. The van der Waals surface area contributed by atoms with E-state index in [1.165, 1.54) is 6.20 Å². The molecule has 1 amide bonds. The van der Waals surface area contributed by atoms with E-state index < -0.39 is 19.1 Å². The van der Waals surface area contributed by atoms with Gasteiger partial charge in [0.1, 0.15) is 6.61 Å². The van der Waals surface area contributed by atoms with Gasteiger partial charge in [-0.2, -0.15) is 0 Å². The molecule has 1 rings (SSSR count). The van der Waals surface area contributed by atoms with Crippen LogP contribution in [-0.4, -0.2) is 47.2 Å². The number of nitrogens with zero attached hydrogens (tertiary/aromatic N) is 2. The number of amides is 1. The number of nitrogens with two attached hydrogens (primary N) is 1. The molecule has 9 heteroatoms. The first-order chi connectivity index (χ1) is 8.90. The number of carboxylic acid groups (broad SMARTS) is 1. The Hall–Kier alpha value is -1.64. The van der Waals surface area contributed by atoms with Gasteiger partial charge in [-0.05, 0) is 22.0 Å². The average molecular weight is 340 g/mol. The molecule has 0 spiro atoms. The number of aromatic nitrogens is 1. The van der Waals surface area contributed by atoms with Gasteiger partial charge < -0.3 is 15.6 Å². The van der Waals surface area contributed by atoms with Gasteiger partial charge in [0.05, 0.1) is 18.8 Å². The van der Waals surface area contributed by atoms with Crippen LogP contribution in [0.2, 0.25) is 0 Å². The number of pyridine rings is 1. The predicted octanol–water partition coefficient (Wildman–Crippen LogP) is 2.05. The quantitative estimate of drug-likeness (QED) is 0.827. The summed E-state index contributed by atoms with van der Waals surface area (Å²) in [6.07, 6.45) is -2.70. The normalized spacial score (nSPS) is 10.5. The molecular formula is C10H12BrF2N3O3. The highest BCUT2D eigenvalue weighted by Gasteiger charge is 2.17. The first kappa shape index (κ1) is 15.4. The largest absolute Gasteiger partial charge is 0.474 e. The maximum atomic E-state index is 12.1. The zero-order chi connectivity index (χ0) is 14.4. The summed E-state index contributed by atoms with van der Waals surface area (Å²) in [7, 11) is 0. The van der Waals surface area contributed by atoms with Crippen LogP contribution in [-0.2, 0) is 0 Å². The number of halogens is 3. The minimum Gasteiger partial charge on any atom is -0.474 e. The summed E-state index contributed by atoms with van der Waals surface area (Å²) in [5.41, 5.74) is 5.88. The lowest BCUT2D eigenvalue weighted by Crippen LogP contribution is -2.37. The van der Waals surface area contributed by atoms with Crippen LogP contribution in [0, 0.1) is 0 Å².